The van der Waals surface area contributed by atoms with Gasteiger partial charge in [0.25, 0.3) is 0 Å². The third-order valence-corrected chi connectivity index (χ3v) is 5.90. The summed E-state index contributed by atoms with van der Waals surface area (Å²) in [5, 5.41) is 0. The van der Waals surface area contributed by atoms with Gasteiger partial charge in [-0.15, -0.1) is 0 Å². The number of hydrogen-bond donors (Lipinski definition) is 1. The summed E-state index contributed by atoms with van der Waals surface area (Å²) in [4.78, 5) is 12.3. The molecular weight excluding hydrogens is 334 g/mol. The average molecular weight is 353 g/mol. The van der Waals surface area contributed by atoms with Crippen LogP contribution < -0.4 is 14.2 Å². The third kappa shape index (κ3) is 2.95. The highest BCUT2D eigenvalue weighted by atomic mass is 32.2. The minimum absolute atomic E-state index is 0.0974. The molecule has 2 bridgehead atoms. The predicted octanol–water partition coefficient (Wildman–Crippen LogP) is 0.971. The Morgan fingerprint density at radius 3 is 2.79 bits per heavy atom. The Bertz CT molecular complexity index is 762. The number of hydrogen-bond acceptors (Lipinski definition) is 6. The normalized spacial score (nSPS) is 27.9. The van der Waals surface area contributed by atoms with Gasteiger partial charge >= 0.3 is 0 Å². The van der Waals surface area contributed by atoms with Crippen LogP contribution in [0.2, 0.25) is 0 Å². The van der Waals surface area contributed by atoms with Crippen LogP contribution >= 0.6 is 0 Å². The van der Waals surface area contributed by atoms with Crippen LogP contribution in [0.1, 0.15) is 24.8 Å². The molecule has 1 amide bonds. The molecule has 0 unspecified atom stereocenters. The average Bonchev–Trinajstić information content (AvgIpc) is 3.17. The van der Waals surface area contributed by atoms with Crippen LogP contribution in [0.15, 0.2) is 18.2 Å². The number of carbonyl (C=O) groups excluding carboxylic acids is 1. The molecular formula is C16H19NO6S. The zero-order valence-corrected chi connectivity index (χ0v) is 13.9. The lowest BCUT2D eigenvalue weighted by Gasteiger charge is -2.21. The Balaban J connectivity index is 1.47. The summed E-state index contributed by atoms with van der Waals surface area (Å²) in [6.07, 6.45) is 2.32. The molecule has 0 spiro atoms. The molecule has 0 saturated carbocycles. The monoisotopic (exact) mass is 353 g/mol. The van der Waals surface area contributed by atoms with Crippen molar-refractivity contribution in [3.05, 3.63) is 23.8 Å². The zero-order chi connectivity index (χ0) is 16.7. The van der Waals surface area contributed by atoms with Crippen LogP contribution in [0, 0.1) is 5.92 Å². The second kappa shape index (κ2) is 5.93. The van der Waals surface area contributed by atoms with E-state index in [4.69, 9.17) is 14.2 Å². The summed E-state index contributed by atoms with van der Waals surface area (Å²) in [5.74, 6) is -0.203. The second-order valence-electron chi connectivity index (χ2n) is 6.38. The van der Waals surface area contributed by atoms with Crippen molar-refractivity contribution >= 4 is 15.9 Å². The zero-order valence-electron chi connectivity index (χ0n) is 13.1. The van der Waals surface area contributed by atoms with Crippen molar-refractivity contribution in [2.24, 2.45) is 5.92 Å². The Labute approximate surface area is 140 Å². The van der Waals surface area contributed by atoms with Gasteiger partial charge in [0.2, 0.25) is 15.9 Å². The number of amides is 1. The van der Waals surface area contributed by atoms with Crippen molar-refractivity contribution < 1.29 is 27.4 Å². The number of fused-ring (bicyclic) bond motifs is 3. The fraction of sp³-hybridized carbons (Fsp3) is 0.562. The number of nitrogens with one attached hydrogen (secondary N) is 1. The van der Waals surface area contributed by atoms with Crippen LogP contribution in [0.4, 0.5) is 0 Å². The van der Waals surface area contributed by atoms with Gasteiger partial charge in [-0.25, -0.2) is 8.42 Å². The van der Waals surface area contributed by atoms with Gasteiger partial charge in [0, 0.05) is 5.56 Å². The van der Waals surface area contributed by atoms with E-state index in [1.807, 2.05) is 0 Å². The largest absolute Gasteiger partial charge is 0.486 e. The van der Waals surface area contributed by atoms with Gasteiger partial charge in [0.1, 0.15) is 13.2 Å². The molecule has 0 aromatic heterocycles. The van der Waals surface area contributed by atoms with Gasteiger partial charge in [-0.2, -0.15) is 0 Å². The summed E-state index contributed by atoms with van der Waals surface area (Å²) < 4.78 is 43.6. The van der Waals surface area contributed by atoms with Crippen molar-refractivity contribution in [2.45, 2.75) is 37.2 Å². The van der Waals surface area contributed by atoms with Crippen LogP contribution in [0.5, 0.6) is 11.5 Å². The fourth-order valence-corrected chi connectivity index (χ4v) is 4.80. The Hall–Kier alpha value is -1.80. The van der Waals surface area contributed by atoms with Crippen molar-refractivity contribution in [1.29, 1.82) is 0 Å². The van der Waals surface area contributed by atoms with E-state index in [1.54, 1.807) is 18.2 Å². The highest BCUT2D eigenvalue weighted by Gasteiger charge is 2.45. The van der Waals surface area contributed by atoms with Crippen molar-refractivity contribution in [2.75, 3.05) is 13.2 Å². The smallest absolute Gasteiger partial charge is 0.239 e. The molecule has 1 aromatic carbocycles. The molecule has 1 aromatic rings. The maximum Gasteiger partial charge on any atom is 0.239 e. The van der Waals surface area contributed by atoms with Crippen LogP contribution in [-0.2, 0) is 25.3 Å². The maximum atomic E-state index is 12.4. The Morgan fingerprint density at radius 2 is 2.04 bits per heavy atom. The molecule has 2 saturated heterocycles. The summed E-state index contributed by atoms with van der Waals surface area (Å²) in [5.41, 5.74) is 0.483. The lowest BCUT2D eigenvalue weighted by Crippen LogP contribution is -2.40. The van der Waals surface area contributed by atoms with Crippen LogP contribution in [0.25, 0.3) is 0 Å². The van der Waals surface area contributed by atoms with E-state index in [-0.39, 0.29) is 23.9 Å². The predicted molar refractivity (Wildman–Crippen MR) is 84.2 cm³/mol. The number of para-hydroxylation sites is 1. The van der Waals surface area contributed by atoms with E-state index >= 15 is 0 Å². The molecule has 3 aliphatic heterocycles. The first-order valence-electron chi connectivity index (χ1n) is 8.09. The Morgan fingerprint density at radius 1 is 1.21 bits per heavy atom. The number of rotatable bonds is 4. The lowest BCUT2D eigenvalue weighted by atomic mass is 9.89. The van der Waals surface area contributed by atoms with E-state index in [9.17, 15) is 13.2 Å². The molecule has 3 heterocycles. The first-order valence-corrected chi connectivity index (χ1v) is 9.74. The van der Waals surface area contributed by atoms with Crippen LogP contribution in [0.3, 0.4) is 0 Å². The third-order valence-electron chi connectivity index (χ3n) is 4.69. The molecule has 3 aliphatic rings. The topological polar surface area (TPSA) is 90.9 Å². The standard InChI is InChI=1S/C16H19NO6S/c18-16(12-8-11-4-5-13(12)23-11)17-24(19,20)9-10-2-1-3-14-15(10)22-7-6-21-14/h1-3,11-13H,4-9H2,(H,17,18)/t11-,12-,13+/m1/s1. The summed E-state index contributed by atoms with van der Waals surface area (Å²) >= 11 is 0. The number of sulfonamides is 1. The lowest BCUT2D eigenvalue weighted by molar-refractivity contribution is -0.124. The SMILES string of the molecule is O=C(NS(=O)(=O)Cc1cccc2c1OCCO2)[C@@H]1C[C@H]2CC[C@@H]1O2. The van der Waals surface area contributed by atoms with E-state index in [2.05, 4.69) is 4.72 Å². The minimum Gasteiger partial charge on any atom is -0.486 e. The Kier molecular flexibility index (Phi) is 3.88. The number of ether oxygens (including phenoxy) is 3. The van der Waals surface area contributed by atoms with E-state index in [0.717, 1.165) is 12.8 Å². The van der Waals surface area contributed by atoms with Crippen molar-refractivity contribution in [1.82, 2.24) is 4.72 Å². The van der Waals surface area contributed by atoms with Gasteiger partial charge in [-0.1, -0.05) is 12.1 Å². The molecule has 0 radical (unpaired) electrons. The number of benzene rings is 1. The maximum absolute atomic E-state index is 12.4. The number of carbonyl (C=O) groups is 1. The summed E-state index contributed by atoms with van der Waals surface area (Å²) in [6, 6.07) is 5.11. The first-order chi connectivity index (χ1) is 11.5. The van der Waals surface area contributed by atoms with E-state index < -0.39 is 15.9 Å². The molecule has 3 atom stereocenters. The van der Waals surface area contributed by atoms with Gasteiger partial charge in [-0.3, -0.25) is 9.52 Å². The molecule has 8 heteroatoms. The molecule has 7 nitrogen and oxygen atoms in total. The van der Waals surface area contributed by atoms with Gasteiger partial charge in [0.05, 0.1) is 23.9 Å². The molecule has 130 valence electrons. The van der Waals surface area contributed by atoms with Gasteiger partial charge in [-0.05, 0) is 25.3 Å². The van der Waals surface area contributed by atoms with Gasteiger partial charge in [0.15, 0.2) is 11.5 Å². The molecule has 24 heavy (non-hydrogen) atoms. The molecule has 0 aliphatic carbocycles. The highest BCUT2D eigenvalue weighted by molar-refractivity contribution is 7.89. The summed E-state index contributed by atoms with van der Waals surface area (Å²) in [6.45, 7) is 0.809. The highest BCUT2D eigenvalue weighted by Crippen LogP contribution is 2.39. The summed E-state index contributed by atoms with van der Waals surface area (Å²) in [7, 11) is -3.81. The quantitative estimate of drug-likeness (QED) is 0.867. The fourth-order valence-electron chi connectivity index (χ4n) is 3.63. The molecule has 1 N–H and O–H groups in total. The second-order valence-corrected chi connectivity index (χ2v) is 8.11. The van der Waals surface area contributed by atoms with Crippen molar-refractivity contribution in [3.63, 3.8) is 0 Å². The van der Waals surface area contributed by atoms with E-state index in [0.29, 0.717) is 36.7 Å². The first kappa shape index (κ1) is 15.7. The van der Waals surface area contributed by atoms with E-state index in [1.165, 1.54) is 0 Å². The van der Waals surface area contributed by atoms with Gasteiger partial charge < -0.3 is 14.2 Å². The van der Waals surface area contributed by atoms with Crippen molar-refractivity contribution in [3.8, 4) is 11.5 Å². The van der Waals surface area contributed by atoms with Crippen LogP contribution in [-0.4, -0.2) is 39.7 Å². The molecule has 4 rings (SSSR count). The minimum atomic E-state index is -3.81. The molecule has 2 fully saturated rings.